The molecular weight excluding hydrogens is 413 g/mol. The van der Waals surface area contributed by atoms with E-state index >= 15 is 0 Å². The second-order valence-electron chi connectivity index (χ2n) is 7.42. The van der Waals surface area contributed by atoms with Gasteiger partial charge in [0.25, 0.3) is 0 Å². The standard InChI is InChI=1S/C24H22FN3O2S/c25-23-12-11-22(17-21(23)18-26)31(29,30)28-15-13-27(14-16-28)24(19-7-3-1-4-8-19)20-9-5-2-6-10-20/h1-12,17,24H,13-16H2. The van der Waals surface area contributed by atoms with E-state index in [-0.39, 0.29) is 16.5 Å². The maximum Gasteiger partial charge on any atom is 0.243 e. The van der Waals surface area contributed by atoms with Crippen molar-refractivity contribution >= 4 is 10.0 Å². The molecular formula is C24H22FN3O2S. The van der Waals surface area contributed by atoms with Crippen LogP contribution in [0.1, 0.15) is 22.7 Å². The number of nitrogens with zero attached hydrogens (tertiary/aromatic N) is 3. The minimum atomic E-state index is -3.80. The van der Waals surface area contributed by atoms with Gasteiger partial charge in [-0.05, 0) is 29.3 Å². The lowest BCUT2D eigenvalue weighted by molar-refractivity contribution is 0.156. The van der Waals surface area contributed by atoms with Gasteiger partial charge in [-0.1, -0.05) is 60.7 Å². The largest absolute Gasteiger partial charge is 0.290 e. The molecule has 7 heteroatoms. The van der Waals surface area contributed by atoms with Crippen molar-refractivity contribution in [3.05, 3.63) is 101 Å². The zero-order valence-electron chi connectivity index (χ0n) is 16.9. The topological polar surface area (TPSA) is 64.4 Å². The lowest BCUT2D eigenvalue weighted by atomic mass is 9.96. The Bertz CT molecular complexity index is 1150. The number of halogens is 1. The third-order valence-electron chi connectivity index (χ3n) is 5.57. The Labute approximate surface area is 182 Å². The summed E-state index contributed by atoms with van der Waals surface area (Å²) in [4.78, 5) is 2.23. The summed E-state index contributed by atoms with van der Waals surface area (Å²) in [6.45, 7) is 1.75. The minimum absolute atomic E-state index is 0.0308. The van der Waals surface area contributed by atoms with Crippen LogP contribution in [0.2, 0.25) is 0 Å². The summed E-state index contributed by atoms with van der Waals surface area (Å²) in [5, 5.41) is 9.03. The van der Waals surface area contributed by atoms with Crippen LogP contribution in [-0.2, 0) is 10.0 Å². The van der Waals surface area contributed by atoms with Crippen molar-refractivity contribution in [1.82, 2.24) is 9.21 Å². The smallest absolute Gasteiger partial charge is 0.243 e. The summed E-state index contributed by atoms with van der Waals surface area (Å²) < 4.78 is 41.2. The first-order chi connectivity index (χ1) is 15.0. The van der Waals surface area contributed by atoms with Crippen LogP contribution in [-0.4, -0.2) is 43.8 Å². The molecule has 0 radical (unpaired) electrons. The molecule has 5 nitrogen and oxygen atoms in total. The zero-order chi connectivity index (χ0) is 21.8. The van der Waals surface area contributed by atoms with Crippen LogP contribution in [0.4, 0.5) is 4.39 Å². The molecule has 3 aromatic rings. The quantitative estimate of drug-likeness (QED) is 0.612. The van der Waals surface area contributed by atoms with E-state index in [1.54, 1.807) is 6.07 Å². The molecule has 0 aromatic heterocycles. The molecule has 31 heavy (non-hydrogen) atoms. The van der Waals surface area contributed by atoms with Crippen molar-refractivity contribution in [3.63, 3.8) is 0 Å². The van der Waals surface area contributed by atoms with Crippen LogP contribution in [0.5, 0.6) is 0 Å². The predicted octanol–water partition coefficient (Wildman–Crippen LogP) is 3.79. The molecule has 1 aliphatic heterocycles. The van der Waals surface area contributed by atoms with E-state index in [2.05, 4.69) is 29.2 Å². The fourth-order valence-electron chi connectivity index (χ4n) is 3.99. The molecule has 0 amide bonds. The number of benzene rings is 3. The fraction of sp³-hybridized carbons (Fsp3) is 0.208. The van der Waals surface area contributed by atoms with Crippen LogP contribution in [0.3, 0.4) is 0 Å². The number of sulfonamides is 1. The Hall–Kier alpha value is -3.05. The Morgan fingerprint density at radius 2 is 1.39 bits per heavy atom. The molecule has 158 valence electrons. The normalized spacial score (nSPS) is 15.6. The molecule has 3 aromatic carbocycles. The summed E-state index contributed by atoms with van der Waals surface area (Å²) >= 11 is 0. The molecule has 0 saturated carbocycles. The van der Waals surface area contributed by atoms with Gasteiger partial charge in [0.2, 0.25) is 10.0 Å². The van der Waals surface area contributed by atoms with Crippen molar-refractivity contribution in [2.24, 2.45) is 0 Å². The number of rotatable bonds is 5. The molecule has 0 N–H and O–H groups in total. The van der Waals surface area contributed by atoms with E-state index in [0.29, 0.717) is 26.2 Å². The van der Waals surface area contributed by atoms with Gasteiger partial charge >= 0.3 is 0 Å². The van der Waals surface area contributed by atoms with Gasteiger partial charge in [0.1, 0.15) is 11.9 Å². The third-order valence-corrected chi connectivity index (χ3v) is 7.46. The van der Waals surface area contributed by atoms with Gasteiger partial charge < -0.3 is 0 Å². The zero-order valence-corrected chi connectivity index (χ0v) is 17.7. The van der Waals surface area contributed by atoms with E-state index in [1.807, 2.05) is 36.4 Å². The number of hydrogen-bond donors (Lipinski definition) is 0. The van der Waals surface area contributed by atoms with Gasteiger partial charge in [-0.25, -0.2) is 12.8 Å². The van der Waals surface area contributed by atoms with Crippen LogP contribution < -0.4 is 0 Å². The highest BCUT2D eigenvalue weighted by molar-refractivity contribution is 7.89. The van der Waals surface area contributed by atoms with Gasteiger partial charge in [-0.2, -0.15) is 9.57 Å². The van der Waals surface area contributed by atoms with Crippen molar-refractivity contribution in [2.75, 3.05) is 26.2 Å². The first-order valence-corrected chi connectivity index (χ1v) is 11.5. The fourth-order valence-corrected chi connectivity index (χ4v) is 5.44. The maximum atomic E-state index is 13.6. The third kappa shape index (κ3) is 4.37. The monoisotopic (exact) mass is 435 g/mol. The van der Waals surface area contributed by atoms with Gasteiger partial charge in [-0.3, -0.25) is 4.90 Å². The Kier molecular flexibility index (Phi) is 6.14. The van der Waals surface area contributed by atoms with Gasteiger partial charge in [-0.15, -0.1) is 0 Å². The maximum absolute atomic E-state index is 13.6. The van der Waals surface area contributed by atoms with Gasteiger partial charge in [0.05, 0.1) is 16.5 Å². The van der Waals surface area contributed by atoms with Crippen molar-refractivity contribution in [2.45, 2.75) is 10.9 Å². The second-order valence-corrected chi connectivity index (χ2v) is 9.36. The van der Waals surface area contributed by atoms with Gasteiger partial charge in [0, 0.05) is 26.2 Å². The first-order valence-electron chi connectivity index (χ1n) is 10.0. The molecule has 0 bridgehead atoms. The molecule has 1 aliphatic rings. The molecule has 0 aliphatic carbocycles. The van der Waals surface area contributed by atoms with E-state index in [1.165, 1.54) is 10.4 Å². The molecule has 0 unspecified atom stereocenters. The SMILES string of the molecule is N#Cc1cc(S(=O)(=O)N2CCN(C(c3ccccc3)c3ccccc3)CC2)ccc1F. The Balaban J connectivity index is 1.56. The average Bonchev–Trinajstić information content (AvgIpc) is 2.81. The highest BCUT2D eigenvalue weighted by Gasteiger charge is 2.32. The van der Waals surface area contributed by atoms with Crippen molar-refractivity contribution in [3.8, 4) is 6.07 Å². The summed E-state index contributed by atoms with van der Waals surface area (Å²) in [7, 11) is -3.80. The van der Waals surface area contributed by atoms with E-state index in [4.69, 9.17) is 5.26 Å². The number of piperazine rings is 1. The molecule has 4 rings (SSSR count). The highest BCUT2D eigenvalue weighted by atomic mass is 32.2. The summed E-state index contributed by atoms with van der Waals surface area (Å²) in [6, 6.07) is 25.4. The Morgan fingerprint density at radius 1 is 0.839 bits per heavy atom. The average molecular weight is 436 g/mol. The summed E-state index contributed by atoms with van der Waals surface area (Å²) in [5.74, 6) is -0.722. The Morgan fingerprint density at radius 3 is 1.90 bits per heavy atom. The van der Waals surface area contributed by atoms with Crippen LogP contribution in [0.25, 0.3) is 0 Å². The molecule has 1 fully saturated rings. The molecule has 0 spiro atoms. The number of hydrogen-bond acceptors (Lipinski definition) is 4. The summed E-state index contributed by atoms with van der Waals surface area (Å²) in [6.07, 6.45) is 0. The second kappa shape index (κ2) is 8.98. The lowest BCUT2D eigenvalue weighted by Crippen LogP contribution is -2.49. The van der Waals surface area contributed by atoms with E-state index in [0.717, 1.165) is 23.3 Å². The summed E-state index contributed by atoms with van der Waals surface area (Å²) in [5.41, 5.74) is 2.04. The van der Waals surface area contributed by atoms with Crippen LogP contribution in [0.15, 0.2) is 83.8 Å². The predicted molar refractivity (Wildman–Crippen MR) is 116 cm³/mol. The lowest BCUT2D eigenvalue weighted by Gasteiger charge is -2.39. The minimum Gasteiger partial charge on any atom is -0.290 e. The first kappa shape index (κ1) is 21.2. The van der Waals surface area contributed by atoms with Crippen molar-refractivity contribution < 1.29 is 12.8 Å². The van der Waals surface area contributed by atoms with Crippen molar-refractivity contribution in [1.29, 1.82) is 5.26 Å². The van der Waals surface area contributed by atoms with E-state index < -0.39 is 15.8 Å². The molecule has 0 atom stereocenters. The van der Waals surface area contributed by atoms with Crippen LogP contribution in [0, 0.1) is 17.1 Å². The molecule has 1 saturated heterocycles. The van der Waals surface area contributed by atoms with E-state index in [9.17, 15) is 12.8 Å². The molecule has 1 heterocycles. The number of nitriles is 1. The van der Waals surface area contributed by atoms with Gasteiger partial charge in [0.15, 0.2) is 0 Å². The van der Waals surface area contributed by atoms with Crippen LogP contribution >= 0.6 is 0 Å². The highest BCUT2D eigenvalue weighted by Crippen LogP contribution is 2.30.